The fraction of sp³-hybridized carbons (Fsp3) is 0.522. The van der Waals surface area contributed by atoms with E-state index in [-0.39, 0.29) is 11.8 Å². The van der Waals surface area contributed by atoms with E-state index in [4.69, 9.17) is 15.1 Å². The number of hydrogen-bond donors (Lipinski definition) is 1. The molecule has 0 aliphatic carbocycles. The molecule has 8 nitrogen and oxygen atoms in total. The first-order chi connectivity index (χ1) is 16.1. The molecule has 5 rings (SSSR count). The minimum absolute atomic E-state index is 0.0470. The summed E-state index contributed by atoms with van der Waals surface area (Å²) >= 11 is 0. The van der Waals surface area contributed by atoms with Gasteiger partial charge in [0.25, 0.3) is 5.91 Å². The van der Waals surface area contributed by atoms with Crippen molar-refractivity contribution in [3.8, 4) is 0 Å². The van der Waals surface area contributed by atoms with Gasteiger partial charge in [-0.15, -0.1) is 0 Å². The number of carbonyl (C=O) groups excluding carboxylic acids is 1. The molecule has 2 fully saturated rings. The Kier molecular flexibility index (Phi) is 5.54. The van der Waals surface area contributed by atoms with Crippen molar-refractivity contribution in [2.75, 3.05) is 24.5 Å². The highest BCUT2D eigenvalue weighted by Crippen LogP contribution is 2.38. The van der Waals surface area contributed by atoms with Crippen LogP contribution < -0.4 is 10.6 Å². The molecule has 2 aliphatic heterocycles. The standard InChI is InChI=1S/C23H27F3N6O2/c1-13-11-32-19(28-21(13)30-8-6-15(27)12-30)10-17(29-32)18-5-3-4-7-31(18)22(33)16-9-14(2)34-20(16)23(24,25)26/h9-11,15,18H,3-8,12,27H2,1-2H3. The van der Waals surface area contributed by atoms with E-state index in [0.29, 0.717) is 30.7 Å². The van der Waals surface area contributed by atoms with E-state index in [1.165, 1.54) is 17.9 Å². The Morgan fingerprint density at radius 2 is 1.97 bits per heavy atom. The minimum Gasteiger partial charge on any atom is -0.456 e. The zero-order valence-electron chi connectivity index (χ0n) is 19.1. The van der Waals surface area contributed by atoms with E-state index in [9.17, 15) is 18.0 Å². The molecule has 2 aliphatic rings. The molecule has 3 aromatic heterocycles. The number of aromatic nitrogens is 3. The van der Waals surface area contributed by atoms with Crippen LogP contribution in [0.1, 0.15) is 64.9 Å². The van der Waals surface area contributed by atoms with Crippen LogP contribution in [0.3, 0.4) is 0 Å². The van der Waals surface area contributed by atoms with Crippen molar-refractivity contribution in [3.05, 3.63) is 46.7 Å². The molecule has 182 valence electrons. The lowest BCUT2D eigenvalue weighted by atomic mass is 9.98. The van der Waals surface area contributed by atoms with Crippen LogP contribution in [-0.2, 0) is 6.18 Å². The molecule has 0 bridgehead atoms. The van der Waals surface area contributed by atoms with Gasteiger partial charge in [-0.1, -0.05) is 0 Å². The van der Waals surface area contributed by atoms with E-state index >= 15 is 0 Å². The summed E-state index contributed by atoms with van der Waals surface area (Å²) in [5.74, 6) is -1.04. The van der Waals surface area contributed by atoms with E-state index in [1.807, 2.05) is 19.2 Å². The Morgan fingerprint density at radius 3 is 2.68 bits per heavy atom. The third-order valence-corrected chi connectivity index (χ3v) is 6.60. The van der Waals surface area contributed by atoms with Crippen LogP contribution in [0, 0.1) is 13.8 Å². The van der Waals surface area contributed by atoms with Crippen molar-refractivity contribution in [3.63, 3.8) is 0 Å². The second-order valence-electron chi connectivity index (χ2n) is 9.22. The maximum atomic E-state index is 13.5. The second kappa shape index (κ2) is 8.30. The first kappa shape index (κ1) is 22.7. The summed E-state index contributed by atoms with van der Waals surface area (Å²) in [5.41, 5.74) is 7.80. The molecule has 3 aromatic rings. The summed E-state index contributed by atoms with van der Waals surface area (Å²) in [5, 5.41) is 4.65. The topological polar surface area (TPSA) is 92.9 Å². The first-order valence-electron chi connectivity index (χ1n) is 11.5. The predicted octanol–water partition coefficient (Wildman–Crippen LogP) is 3.86. The Morgan fingerprint density at radius 1 is 1.18 bits per heavy atom. The number of halogens is 3. The molecule has 0 radical (unpaired) electrons. The fourth-order valence-corrected chi connectivity index (χ4v) is 5.00. The quantitative estimate of drug-likeness (QED) is 0.617. The maximum Gasteiger partial charge on any atom is 0.450 e. The molecule has 0 saturated carbocycles. The number of amides is 1. The van der Waals surface area contributed by atoms with Crippen LogP contribution in [-0.4, -0.2) is 51.1 Å². The molecule has 11 heteroatoms. The number of anilines is 1. The maximum absolute atomic E-state index is 13.5. The summed E-state index contributed by atoms with van der Waals surface area (Å²) in [6, 6.07) is 2.66. The molecule has 0 spiro atoms. The average Bonchev–Trinajstić information content (AvgIpc) is 3.50. The van der Waals surface area contributed by atoms with Crippen molar-refractivity contribution in [2.45, 2.75) is 57.8 Å². The zero-order chi connectivity index (χ0) is 24.2. The van der Waals surface area contributed by atoms with Crippen LogP contribution in [0.4, 0.5) is 19.0 Å². The number of hydrogen-bond acceptors (Lipinski definition) is 6. The number of rotatable bonds is 3. The normalized spacial score (nSPS) is 21.6. The van der Waals surface area contributed by atoms with Crippen molar-refractivity contribution in [2.24, 2.45) is 5.73 Å². The molecular formula is C23H27F3N6O2. The van der Waals surface area contributed by atoms with Gasteiger partial charge < -0.3 is 20.0 Å². The number of alkyl halides is 3. The van der Waals surface area contributed by atoms with Crippen LogP contribution in [0.25, 0.3) is 5.65 Å². The van der Waals surface area contributed by atoms with Gasteiger partial charge in [0.2, 0.25) is 5.76 Å². The monoisotopic (exact) mass is 476 g/mol. The van der Waals surface area contributed by atoms with Gasteiger partial charge in [-0.05, 0) is 45.6 Å². The molecule has 2 saturated heterocycles. The third kappa shape index (κ3) is 4.02. The third-order valence-electron chi connectivity index (χ3n) is 6.60. The largest absolute Gasteiger partial charge is 0.456 e. The van der Waals surface area contributed by atoms with Crippen LogP contribution in [0.2, 0.25) is 0 Å². The number of aryl methyl sites for hydroxylation is 2. The number of furan rings is 1. The van der Waals surface area contributed by atoms with Gasteiger partial charge in [0.1, 0.15) is 11.6 Å². The van der Waals surface area contributed by atoms with Crippen LogP contribution in [0.15, 0.2) is 22.7 Å². The average molecular weight is 477 g/mol. The minimum atomic E-state index is -4.75. The molecule has 1 amide bonds. The van der Waals surface area contributed by atoms with E-state index < -0.39 is 29.4 Å². The van der Waals surface area contributed by atoms with E-state index in [1.54, 1.807) is 4.52 Å². The molecular weight excluding hydrogens is 449 g/mol. The van der Waals surface area contributed by atoms with E-state index in [0.717, 1.165) is 37.3 Å². The highest BCUT2D eigenvalue weighted by molar-refractivity contribution is 5.96. The number of likely N-dealkylation sites (tertiary alicyclic amines) is 1. The Labute approximate surface area is 194 Å². The Balaban J connectivity index is 1.48. The molecule has 2 unspecified atom stereocenters. The summed E-state index contributed by atoms with van der Waals surface area (Å²) in [7, 11) is 0. The van der Waals surface area contributed by atoms with Crippen molar-refractivity contribution in [1.82, 2.24) is 19.5 Å². The number of nitrogens with two attached hydrogens (primary N) is 1. The van der Waals surface area contributed by atoms with Crippen molar-refractivity contribution >= 4 is 17.4 Å². The lowest BCUT2D eigenvalue weighted by molar-refractivity contribution is -0.153. The van der Waals surface area contributed by atoms with E-state index in [2.05, 4.69) is 10.00 Å². The smallest absolute Gasteiger partial charge is 0.450 e. The highest BCUT2D eigenvalue weighted by Gasteiger charge is 2.42. The molecule has 5 heterocycles. The zero-order valence-corrected chi connectivity index (χ0v) is 19.1. The predicted molar refractivity (Wildman–Crippen MR) is 119 cm³/mol. The summed E-state index contributed by atoms with van der Waals surface area (Å²) in [6.07, 6.45) is 0.224. The highest BCUT2D eigenvalue weighted by atomic mass is 19.4. The molecule has 34 heavy (non-hydrogen) atoms. The Bertz CT molecular complexity index is 1230. The lowest BCUT2D eigenvalue weighted by Crippen LogP contribution is -2.39. The first-order valence-corrected chi connectivity index (χ1v) is 11.5. The van der Waals surface area contributed by atoms with Crippen LogP contribution >= 0.6 is 0 Å². The molecule has 2 N–H and O–H groups in total. The van der Waals surface area contributed by atoms with Crippen molar-refractivity contribution < 1.29 is 22.4 Å². The number of nitrogens with zero attached hydrogens (tertiary/aromatic N) is 5. The Hall–Kier alpha value is -3.08. The van der Waals surface area contributed by atoms with Crippen molar-refractivity contribution in [1.29, 1.82) is 0 Å². The van der Waals surface area contributed by atoms with Gasteiger partial charge in [0.05, 0.1) is 17.3 Å². The number of carbonyl (C=O) groups is 1. The number of fused-ring (bicyclic) bond motifs is 1. The van der Waals surface area contributed by atoms with Gasteiger partial charge >= 0.3 is 6.18 Å². The van der Waals surface area contributed by atoms with Crippen LogP contribution in [0.5, 0.6) is 0 Å². The van der Waals surface area contributed by atoms with Gasteiger partial charge in [-0.3, -0.25) is 4.79 Å². The SMILES string of the molecule is Cc1cc(C(=O)N2CCCCC2c2cc3nc(N4CCC(N)C4)c(C)cn3n2)c(C(F)(F)F)o1. The molecule has 0 aromatic carbocycles. The number of piperidine rings is 1. The lowest BCUT2D eigenvalue weighted by Gasteiger charge is -2.34. The molecule has 2 atom stereocenters. The second-order valence-corrected chi connectivity index (χ2v) is 9.22. The summed E-state index contributed by atoms with van der Waals surface area (Å²) in [6.45, 7) is 5.29. The summed E-state index contributed by atoms with van der Waals surface area (Å²) in [4.78, 5) is 21.7. The van der Waals surface area contributed by atoms with Gasteiger partial charge in [0.15, 0.2) is 5.65 Å². The van der Waals surface area contributed by atoms with Gasteiger partial charge in [-0.25, -0.2) is 9.50 Å². The summed E-state index contributed by atoms with van der Waals surface area (Å²) < 4.78 is 46.9. The fourth-order valence-electron chi connectivity index (χ4n) is 5.00. The van der Waals surface area contributed by atoms with Gasteiger partial charge in [-0.2, -0.15) is 18.3 Å². The van der Waals surface area contributed by atoms with Gasteiger partial charge in [0, 0.05) is 43.5 Å².